The fraction of sp³-hybridized carbons (Fsp3) is 0.217. The van der Waals surface area contributed by atoms with Crippen LogP contribution in [0.1, 0.15) is 29.2 Å². The lowest BCUT2D eigenvalue weighted by Gasteiger charge is -2.20. The Kier molecular flexibility index (Phi) is 5.20. The molecule has 0 unspecified atom stereocenters. The number of carbonyl (C=O) groups is 1. The second kappa shape index (κ2) is 7.47. The molecule has 0 heterocycles. The Hall–Kier alpha value is -3.54. The van der Waals surface area contributed by atoms with Gasteiger partial charge in [-0.1, -0.05) is 0 Å². The number of ketones is 1. The van der Waals surface area contributed by atoms with Crippen LogP contribution in [0.15, 0.2) is 52.4 Å². The monoisotopic (exact) mass is 390 g/mol. The van der Waals surface area contributed by atoms with Crippen molar-refractivity contribution in [2.24, 2.45) is 4.99 Å². The third-order valence-electron chi connectivity index (χ3n) is 5.60. The van der Waals surface area contributed by atoms with Crippen LogP contribution in [0.25, 0.3) is 0 Å². The molecule has 3 rings (SSSR count). The molecule has 0 fully saturated rings. The molecule has 0 saturated carbocycles. The molecule has 2 aromatic rings. The number of nitrogens with two attached hydrogens (primary N) is 2. The van der Waals surface area contributed by atoms with Crippen molar-refractivity contribution >= 4 is 34.2 Å². The first-order chi connectivity index (χ1) is 13.6. The van der Waals surface area contributed by atoms with Crippen molar-refractivity contribution in [2.45, 2.75) is 34.6 Å². The second-order valence-corrected chi connectivity index (χ2v) is 7.36. The van der Waals surface area contributed by atoms with Crippen LogP contribution in [-0.4, -0.2) is 16.6 Å². The van der Waals surface area contributed by atoms with E-state index in [1.165, 1.54) is 0 Å². The molecule has 150 valence electrons. The van der Waals surface area contributed by atoms with Crippen LogP contribution in [0, 0.1) is 27.7 Å². The van der Waals surface area contributed by atoms with E-state index in [9.17, 15) is 9.90 Å². The summed E-state index contributed by atoms with van der Waals surface area (Å²) in [7, 11) is 0. The number of rotatable bonds is 3. The van der Waals surface area contributed by atoms with Crippen molar-refractivity contribution in [3.63, 3.8) is 0 Å². The highest BCUT2D eigenvalue weighted by Gasteiger charge is 2.25. The Bertz CT molecular complexity index is 1120. The number of aliphatic imine (C=N–C) groups is 1. The minimum absolute atomic E-state index is 0.0898. The molecule has 6 heteroatoms. The van der Waals surface area contributed by atoms with Crippen LogP contribution in [0.4, 0.5) is 22.7 Å². The van der Waals surface area contributed by atoms with E-state index < -0.39 is 0 Å². The number of aliphatic hydroxyl groups excluding tert-OH is 1. The van der Waals surface area contributed by atoms with Gasteiger partial charge in [0, 0.05) is 22.6 Å². The number of nitrogens with zero attached hydrogens (tertiary/aromatic N) is 1. The number of nitrogens with one attached hydrogen (secondary N) is 1. The molecular weight excluding hydrogens is 364 g/mol. The summed E-state index contributed by atoms with van der Waals surface area (Å²) in [6, 6.07) is 7.22. The van der Waals surface area contributed by atoms with Gasteiger partial charge in [-0.25, -0.2) is 4.99 Å². The van der Waals surface area contributed by atoms with Crippen LogP contribution >= 0.6 is 0 Å². The minimum Gasteiger partial charge on any atom is -0.505 e. The predicted octanol–water partition coefficient (Wildman–Crippen LogP) is 4.57. The zero-order valence-corrected chi connectivity index (χ0v) is 17.3. The Morgan fingerprint density at radius 3 is 2.10 bits per heavy atom. The number of carbonyl (C=O) groups excluding carboxylic acids is 1. The Labute approximate surface area is 170 Å². The Morgan fingerprint density at radius 2 is 1.45 bits per heavy atom. The molecule has 1 aliphatic carbocycles. The number of aliphatic hydroxyl groups is 1. The molecule has 0 amide bonds. The molecule has 6 N–H and O–H groups in total. The average Bonchev–Trinajstić information content (AvgIpc) is 2.70. The van der Waals surface area contributed by atoms with Gasteiger partial charge in [-0.15, -0.1) is 0 Å². The van der Waals surface area contributed by atoms with Crippen molar-refractivity contribution < 1.29 is 9.90 Å². The lowest BCUT2D eigenvalue weighted by molar-refractivity contribution is -0.109. The lowest BCUT2D eigenvalue weighted by atomic mass is 9.98. The van der Waals surface area contributed by atoms with Gasteiger partial charge >= 0.3 is 0 Å². The topological polar surface area (TPSA) is 114 Å². The molecule has 29 heavy (non-hydrogen) atoms. The number of benzene rings is 2. The molecule has 0 saturated heterocycles. The highest BCUT2D eigenvalue weighted by molar-refractivity contribution is 6.51. The maximum atomic E-state index is 12.7. The quantitative estimate of drug-likeness (QED) is 0.453. The molecule has 0 aliphatic heterocycles. The molecule has 0 radical (unpaired) electrons. The van der Waals surface area contributed by atoms with Crippen LogP contribution in [0.5, 0.6) is 0 Å². The van der Waals surface area contributed by atoms with Gasteiger partial charge in [-0.3, -0.25) is 4.79 Å². The number of hydrogen-bond acceptors (Lipinski definition) is 6. The van der Waals surface area contributed by atoms with E-state index in [1.807, 2.05) is 39.8 Å². The first-order valence-electron chi connectivity index (χ1n) is 9.35. The fourth-order valence-electron chi connectivity index (χ4n) is 3.15. The van der Waals surface area contributed by atoms with Crippen molar-refractivity contribution in [3.05, 3.63) is 69.6 Å². The van der Waals surface area contributed by atoms with Gasteiger partial charge in [-0.05, 0) is 87.2 Å². The standard InChI is InChI=1S/C23H26N4O2/c1-11-13(3)18(8-6-16(11)24)26-20-10-21(23(29)15(5)22(20)28)27-19-9-7-17(25)12(2)14(19)4/h6-10,26,28H,24-25H2,1-5H3. The fourth-order valence-corrected chi connectivity index (χ4v) is 3.15. The molecular formula is C23H26N4O2. The van der Waals surface area contributed by atoms with Crippen LogP contribution in [0.3, 0.4) is 0 Å². The van der Waals surface area contributed by atoms with Crippen LogP contribution < -0.4 is 16.8 Å². The number of nitrogen functional groups attached to an aromatic ring is 2. The molecule has 0 spiro atoms. The van der Waals surface area contributed by atoms with Gasteiger partial charge in [0.15, 0.2) is 0 Å². The first-order valence-corrected chi connectivity index (χ1v) is 9.35. The summed E-state index contributed by atoms with van der Waals surface area (Å²) in [6.07, 6.45) is 1.57. The molecule has 0 atom stereocenters. The third kappa shape index (κ3) is 3.61. The van der Waals surface area contributed by atoms with E-state index in [0.717, 1.165) is 27.9 Å². The number of allylic oxidation sites excluding steroid dienone is 2. The van der Waals surface area contributed by atoms with Crippen molar-refractivity contribution in [1.82, 2.24) is 0 Å². The number of anilines is 3. The third-order valence-corrected chi connectivity index (χ3v) is 5.60. The smallest absolute Gasteiger partial charge is 0.210 e. The normalized spacial score (nSPS) is 15.7. The summed E-state index contributed by atoms with van der Waals surface area (Å²) in [4.78, 5) is 17.3. The maximum Gasteiger partial charge on any atom is 0.210 e. The van der Waals surface area contributed by atoms with Crippen LogP contribution in [0.2, 0.25) is 0 Å². The molecule has 6 nitrogen and oxygen atoms in total. The summed E-state index contributed by atoms with van der Waals surface area (Å²) < 4.78 is 0. The predicted molar refractivity (Wildman–Crippen MR) is 120 cm³/mol. The highest BCUT2D eigenvalue weighted by atomic mass is 16.3. The SMILES string of the molecule is CC1=C(O)C(Nc2ccc(N)c(C)c2C)=CC(=Nc2ccc(N)c(C)c2C)C1=O. The maximum absolute atomic E-state index is 12.7. The van der Waals surface area contributed by atoms with E-state index in [2.05, 4.69) is 10.3 Å². The minimum atomic E-state index is -0.313. The van der Waals surface area contributed by atoms with Gasteiger partial charge in [0.25, 0.3) is 0 Å². The van der Waals surface area contributed by atoms with Gasteiger partial charge in [0.05, 0.1) is 11.4 Å². The summed E-state index contributed by atoms with van der Waals surface area (Å²) in [5.74, 6) is -0.403. The summed E-state index contributed by atoms with van der Waals surface area (Å²) in [5.41, 5.74) is 19.4. The summed E-state index contributed by atoms with van der Waals surface area (Å²) >= 11 is 0. The second-order valence-electron chi connectivity index (χ2n) is 7.36. The zero-order chi connectivity index (χ0) is 21.5. The van der Waals surface area contributed by atoms with Gasteiger partial charge < -0.3 is 21.9 Å². The Morgan fingerprint density at radius 1 is 0.862 bits per heavy atom. The van der Waals surface area contributed by atoms with E-state index in [4.69, 9.17) is 11.5 Å². The number of hydrogen-bond donors (Lipinski definition) is 4. The van der Waals surface area contributed by atoms with Crippen molar-refractivity contribution in [3.8, 4) is 0 Å². The summed E-state index contributed by atoms with van der Waals surface area (Å²) in [5, 5.41) is 13.7. The van der Waals surface area contributed by atoms with E-state index in [1.54, 1.807) is 25.1 Å². The molecule has 1 aliphatic rings. The largest absolute Gasteiger partial charge is 0.505 e. The Balaban J connectivity index is 2.07. The van der Waals surface area contributed by atoms with Gasteiger partial charge in [0.1, 0.15) is 11.5 Å². The highest BCUT2D eigenvalue weighted by Crippen LogP contribution is 2.30. The summed E-state index contributed by atoms with van der Waals surface area (Å²) in [6.45, 7) is 9.31. The van der Waals surface area contributed by atoms with Crippen molar-refractivity contribution in [2.75, 3.05) is 16.8 Å². The van der Waals surface area contributed by atoms with Gasteiger partial charge in [0.2, 0.25) is 5.78 Å². The molecule has 2 aromatic carbocycles. The van der Waals surface area contributed by atoms with Crippen molar-refractivity contribution in [1.29, 1.82) is 0 Å². The molecule has 0 aromatic heterocycles. The van der Waals surface area contributed by atoms with Crippen LogP contribution in [-0.2, 0) is 4.79 Å². The number of Topliss-reactive ketones (excluding diaryl/α,β-unsaturated/α-hetero) is 1. The van der Waals surface area contributed by atoms with E-state index >= 15 is 0 Å². The lowest BCUT2D eigenvalue weighted by Crippen LogP contribution is -2.23. The van der Waals surface area contributed by atoms with E-state index in [0.29, 0.717) is 22.8 Å². The average molecular weight is 390 g/mol. The van der Waals surface area contributed by atoms with Gasteiger partial charge in [-0.2, -0.15) is 0 Å². The van der Waals surface area contributed by atoms with E-state index in [-0.39, 0.29) is 22.8 Å². The zero-order valence-electron chi connectivity index (χ0n) is 17.3. The first kappa shape index (κ1) is 20.2. The molecule has 0 bridgehead atoms.